The number of furan rings is 1. The second-order valence-corrected chi connectivity index (χ2v) is 5.22. The van der Waals surface area contributed by atoms with Crippen LogP contribution >= 0.6 is 12.4 Å². The van der Waals surface area contributed by atoms with Crippen LogP contribution in [0.4, 0.5) is 11.4 Å². The molecule has 7 heteroatoms. The number of halogens is 1. The largest absolute Gasteiger partial charge is 0.467 e. The zero-order valence-corrected chi connectivity index (χ0v) is 13.5. The van der Waals surface area contributed by atoms with Gasteiger partial charge in [-0.2, -0.15) is 0 Å². The Hall–Kier alpha value is -2.31. The van der Waals surface area contributed by atoms with Crippen LogP contribution in [0.3, 0.4) is 0 Å². The minimum absolute atomic E-state index is 0. The van der Waals surface area contributed by atoms with Crippen molar-refractivity contribution in [1.29, 1.82) is 0 Å². The highest BCUT2D eigenvalue weighted by Crippen LogP contribution is 2.30. The normalized spacial score (nSPS) is 12.5. The molecule has 0 saturated heterocycles. The standard InChI is InChI=1S/C16H17N3O3.ClH/c1-10(20)19-5-4-11-6-13(2-3-15(11)19)18-16(21)12-7-14(8-17)22-9-12;/h2-3,6-7,9H,4-5,8,17H2,1H3,(H,18,21);1H. The number of anilines is 2. The van der Waals surface area contributed by atoms with Crippen molar-refractivity contribution in [2.75, 3.05) is 16.8 Å². The van der Waals surface area contributed by atoms with Crippen LogP contribution < -0.4 is 16.0 Å². The van der Waals surface area contributed by atoms with Gasteiger partial charge in [0, 0.05) is 24.8 Å². The molecule has 2 heterocycles. The van der Waals surface area contributed by atoms with Crippen LogP contribution in [0.2, 0.25) is 0 Å². The Balaban J connectivity index is 0.00000192. The molecule has 1 aliphatic rings. The summed E-state index contributed by atoms with van der Waals surface area (Å²) >= 11 is 0. The first kappa shape index (κ1) is 17.1. The van der Waals surface area contributed by atoms with Gasteiger partial charge >= 0.3 is 0 Å². The summed E-state index contributed by atoms with van der Waals surface area (Å²) in [6.45, 7) is 2.50. The van der Waals surface area contributed by atoms with E-state index in [-0.39, 0.29) is 30.8 Å². The van der Waals surface area contributed by atoms with Crippen molar-refractivity contribution in [3.05, 3.63) is 47.4 Å². The monoisotopic (exact) mass is 335 g/mol. The van der Waals surface area contributed by atoms with Gasteiger partial charge in [0.2, 0.25) is 5.91 Å². The SMILES string of the molecule is CC(=O)N1CCc2cc(NC(=O)c3coc(CN)c3)ccc21.Cl. The van der Waals surface area contributed by atoms with E-state index in [2.05, 4.69) is 5.32 Å². The highest BCUT2D eigenvalue weighted by atomic mass is 35.5. The fourth-order valence-electron chi connectivity index (χ4n) is 2.62. The second kappa shape index (κ2) is 6.85. The van der Waals surface area contributed by atoms with Gasteiger partial charge in [0.15, 0.2) is 0 Å². The average molecular weight is 336 g/mol. The maximum Gasteiger partial charge on any atom is 0.258 e. The third-order valence-corrected chi connectivity index (χ3v) is 3.73. The number of nitrogens with zero attached hydrogens (tertiary/aromatic N) is 1. The summed E-state index contributed by atoms with van der Waals surface area (Å²) in [6, 6.07) is 7.18. The maximum atomic E-state index is 12.1. The fourth-order valence-corrected chi connectivity index (χ4v) is 2.62. The molecule has 122 valence electrons. The molecule has 1 aliphatic heterocycles. The van der Waals surface area contributed by atoms with E-state index in [1.807, 2.05) is 12.1 Å². The molecule has 0 unspecified atom stereocenters. The molecule has 23 heavy (non-hydrogen) atoms. The predicted octanol–water partition coefficient (Wildman–Crippen LogP) is 2.32. The number of nitrogens with two attached hydrogens (primary N) is 1. The van der Waals surface area contributed by atoms with Crippen LogP contribution in [0.1, 0.15) is 28.6 Å². The van der Waals surface area contributed by atoms with Crippen molar-refractivity contribution in [1.82, 2.24) is 0 Å². The third-order valence-electron chi connectivity index (χ3n) is 3.73. The fraction of sp³-hybridized carbons (Fsp3) is 0.250. The van der Waals surface area contributed by atoms with Crippen LogP contribution in [-0.4, -0.2) is 18.4 Å². The number of fused-ring (bicyclic) bond motifs is 1. The van der Waals surface area contributed by atoms with Gasteiger partial charge in [-0.25, -0.2) is 0 Å². The van der Waals surface area contributed by atoms with Gasteiger partial charge in [-0.3, -0.25) is 9.59 Å². The van der Waals surface area contributed by atoms with Gasteiger partial charge in [-0.05, 0) is 36.2 Å². The summed E-state index contributed by atoms with van der Waals surface area (Å²) < 4.78 is 5.16. The van der Waals surface area contributed by atoms with Crippen LogP contribution in [0, 0.1) is 0 Å². The predicted molar refractivity (Wildman–Crippen MR) is 90.0 cm³/mol. The lowest BCUT2D eigenvalue weighted by atomic mass is 10.1. The summed E-state index contributed by atoms with van der Waals surface area (Å²) in [5.74, 6) is 0.351. The van der Waals surface area contributed by atoms with Crippen molar-refractivity contribution in [2.45, 2.75) is 19.9 Å². The highest BCUT2D eigenvalue weighted by molar-refractivity contribution is 6.04. The van der Waals surface area contributed by atoms with Crippen molar-refractivity contribution < 1.29 is 14.0 Å². The molecule has 1 aromatic carbocycles. The van der Waals surface area contributed by atoms with Crippen LogP contribution in [0.15, 0.2) is 34.9 Å². The third kappa shape index (κ3) is 3.38. The quantitative estimate of drug-likeness (QED) is 0.901. The maximum absolute atomic E-state index is 12.1. The van der Waals surface area contributed by atoms with E-state index in [9.17, 15) is 9.59 Å². The number of amides is 2. The first-order valence-electron chi connectivity index (χ1n) is 7.08. The zero-order valence-electron chi connectivity index (χ0n) is 12.7. The first-order valence-corrected chi connectivity index (χ1v) is 7.08. The van der Waals surface area contributed by atoms with Crippen LogP contribution in [0.5, 0.6) is 0 Å². The van der Waals surface area contributed by atoms with Crippen LogP contribution in [-0.2, 0) is 17.8 Å². The summed E-state index contributed by atoms with van der Waals surface area (Å²) in [6.07, 6.45) is 2.18. The molecular weight excluding hydrogens is 318 g/mol. The van der Waals surface area contributed by atoms with Gasteiger partial charge in [0.05, 0.1) is 12.1 Å². The molecule has 2 amide bonds. The number of rotatable bonds is 3. The van der Waals surface area contributed by atoms with Crippen molar-refractivity contribution in [3.63, 3.8) is 0 Å². The molecule has 0 radical (unpaired) electrons. The first-order chi connectivity index (χ1) is 10.6. The van der Waals surface area contributed by atoms with Crippen LogP contribution in [0.25, 0.3) is 0 Å². The van der Waals surface area contributed by atoms with Gasteiger partial charge in [0.1, 0.15) is 12.0 Å². The number of carbonyl (C=O) groups is 2. The molecule has 3 N–H and O–H groups in total. The lowest BCUT2D eigenvalue weighted by Crippen LogP contribution is -2.25. The van der Waals surface area contributed by atoms with Gasteiger partial charge in [0.25, 0.3) is 5.91 Å². The Morgan fingerprint density at radius 1 is 1.35 bits per heavy atom. The minimum Gasteiger partial charge on any atom is -0.467 e. The Bertz CT molecular complexity index is 742. The smallest absolute Gasteiger partial charge is 0.258 e. The van der Waals surface area contributed by atoms with E-state index in [0.717, 1.165) is 17.7 Å². The number of benzene rings is 1. The molecule has 0 saturated carbocycles. The molecule has 3 rings (SSSR count). The van der Waals surface area contributed by atoms with E-state index >= 15 is 0 Å². The van der Waals surface area contributed by atoms with Crippen molar-refractivity contribution in [3.8, 4) is 0 Å². The topological polar surface area (TPSA) is 88.6 Å². The molecule has 0 spiro atoms. The molecule has 2 aromatic rings. The zero-order chi connectivity index (χ0) is 15.7. The Morgan fingerprint density at radius 3 is 2.78 bits per heavy atom. The van der Waals surface area contributed by atoms with E-state index in [4.69, 9.17) is 10.2 Å². The molecular formula is C16H18ClN3O3. The number of hydrogen-bond acceptors (Lipinski definition) is 4. The van der Waals surface area contributed by atoms with E-state index in [1.165, 1.54) is 6.26 Å². The Morgan fingerprint density at radius 2 is 2.13 bits per heavy atom. The van der Waals surface area contributed by atoms with Gasteiger partial charge in [-0.1, -0.05) is 0 Å². The van der Waals surface area contributed by atoms with E-state index in [0.29, 0.717) is 23.6 Å². The van der Waals surface area contributed by atoms with E-state index < -0.39 is 0 Å². The number of hydrogen-bond donors (Lipinski definition) is 2. The highest BCUT2D eigenvalue weighted by Gasteiger charge is 2.22. The Labute approximate surface area is 140 Å². The van der Waals surface area contributed by atoms with E-state index in [1.54, 1.807) is 24.0 Å². The van der Waals surface area contributed by atoms with Gasteiger partial charge in [-0.15, -0.1) is 12.4 Å². The minimum atomic E-state index is -0.246. The molecule has 0 aliphatic carbocycles. The van der Waals surface area contributed by atoms with Gasteiger partial charge < -0.3 is 20.4 Å². The molecule has 6 nitrogen and oxygen atoms in total. The lowest BCUT2D eigenvalue weighted by molar-refractivity contribution is -0.116. The molecule has 0 bridgehead atoms. The summed E-state index contributed by atoms with van der Waals surface area (Å²) in [4.78, 5) is 25.4. The summed E-state index contributed by atoms with van der Waals surface area (Å²) in [5, 5.41) is 2.83. The Kier molecular flexibility index (Phi) is 5.08. The summed E-state index contributed by atoms with van der Waals surface area (Å²) in [7, 11) is 0. The number of carbonyl (C=O) groups excluding carboxylic acids is 2. The second-order valence-electron chi connectivity index (χ2n) is 5.22. The van der Waals surface area contributed by atoms with Crippen molar-refractivity contribution in [2.24, 2.45) is 5.73 Å². The lowest BCUT2D eigenvalue weighted by Gasteiger charge is -2.15. The molecule has 0 atom stereocenters. The molecule has 0 fully saturated rings. The molecule has 1 aromatic heterocycles. The number of nitrogens with one attached hydrogen (secondary N) is 1. The average Bonchev–Trinajstić information content (AvgIpc) is 3.13. The summed E-state index contributed by atoms with van der Waals surface area (Å²) in [5.41, 5.74) is 8.57. The van der Waals surface area contributed by atoms with Crippen molar-refractivity contribution >= 4 is 35.6 Å².